The van der Waals surface area contributed by atoms with E-state index in [-0.39, 0.29) is 0 Å². The SMILES string of the molecule is Cn1cc(-c2nc3cc([C@H](O)C(C)(C)O)ncc3nc2N2CCN(Cc3ccc(F)cc3F)CC2)cn1. The molecule has 1 fully saturated rings. The van der Waals surface area contributed by atoms with Gasteiger partial charge in [-0.2, -0.15) is 5.10 Å². The molecule has 1 saturated heterocycles. The quantitative estimate of drug-likeness (QED) is 0.409. The number of pyridine rings is 1. The lowest BCUT2D eigenvalue weighted by molar-refractivity contribution is -0.0516. The molecule has 4 aromatic rings. The summed E-state index contributed by atoms with van der Waals surface area (Å²) in [6.45, 7) is 6.04. The average molecular weight is 510 g/mol. The van der Waals surface area contributed by atoms with E-state index in [9.17, 15) is 19.0 Å². The van der Waals surface area contributed by atoms with Crippen molar-refractivity contribution in [1.82, 2.24) is 29.6 Å². The largest absolute Gasteiger partial charge is 0.387 e. The number of aromatic nitrogens is 5. The van der Waals surface area contributed by atoms with Crippen molar-refractivity contribution in [3.8, 4) is 11.3 Å². The summed E-state index contributed by atoms with van der Waals surface area (Å²) in [5.74, 6) is -0.436. The maximum absolute atomic E-state index is 14.1. The molecule has 0 aliphatic carbocycles. The van der Waals surface area contributed by atoms with E-state index in [0.717, 1.165) is 11.6 Å². The summed E-state index contributed by atoms with van der Waals surface area (Å²) in [7, 11) is 1.83. The van der Waals surface area contributed by atoms with Gasteiger partial charge >= 0.3 is 0 Å². The van der Waals surface area contributed by atoms with Crippen LogP contribution in [0.25, 0.3) is 22.3 Å². The van der Waals surface area contributed by atoms with E-state index in [1.165, 1.54) is 26.0 Å². The van der Waals surface area contributed by atoms with Crippen molar-refractivity contribution in [1.29, 1.82) is 0 Å². The second-order valence-electron chi connectivity index (χ2n) is 9.95. The van der Waals surface area contributed by atoms with Crippen LogP contribution in [-0.2, 0) is 13.6 Å². The molecule has 0 spiro atoms. The highest BCUT2D eigenvalue weighted by Gasteiger charge is 2.28. The molecule has 0 unspecified atom stereocenters. The molecule has 1 aromatic carbocycles. The van der Waals surface area contributed by atoms with Gasteiger partial charge in [-0.15, -0.1) is 0 Å². The second-order valence-corrected chi connectivity index (χ2v) is 9.95. The van der Waals surface area contributed by atoms with Gasteiger partial charge in [0.05, 0.1) is 29.2 Å². The highest BCUT2D eigenvalue weighted by Crippen LogP contribution is 2.32. The predicted octanol–water partition coefficient (Wildman–Crippen LogP) is 2.83. The summed E-state index contributed by atoms with van der Waals surface area (Å²) in [6, 6.07) is 5.32. The number of anilines is 1. The number of aryl methyl sites for hydroxylation is 1. The minimum absolute atomic E-state index is 0.306. The van der Waals surface area contributed by atoms with Crippen LogP contribution in [0.15, 0.2) is 42.9 Å². The van der Waals surface area contributed by atoms with E-state index < -0.39 is 23.3 Å². The summed E-state index contributed by atoms with van der Waals surface area (Å²) >= 11 is 0. The number of piperazine rings is 1. The fourth-order valence-corrected chi connectivity index (χ4v) is 4.44. The number of hydrogen-bond acceptors (Lipinski definition) is 8. The minimum atomic E-state index is -1.36. The highest BCUT2D eigenvalue weighted by atomic mass is 19.1. The molecule has 1 aliphatic heterocycles. The van der Waals surface area contributed by atoms with E-state index in [1.54, 1.807) is 23.1 Å². The number of nitrogens with zero attached hydrogens (tertiary/aromatic N) is 7. The number of halogens is 2. The minimum Gasteiger partial charge on any atom is -0.387 e. The predicted molar refractivity (Wildman–Crippen MR) is 135 cm³/mol. The zero-order chi connectivity index (χ0) is 26.3. The van der Waals surface area contributed by atoms with Crippen LogP contribution in [0.4, 0.5) is 14.6 Å². The first-order chi connectivity index (χ1) is 17.6. The molecule has 5 rings (SSSR count). The van der Waals surface area contributed by atoms with E-state index in [0.29, 0.717) is 66.5 Å². The molecule has 11 heteroatoms. The standard InChI is InChI=1S/C26H29F2N7O2/c1-26(2,37)24(36)21-11-20-22(13-29-21)32-25(23(31-20)17-12-30-33(3)14-17)35-8-6-34(7-9-35)15-16-4-5-18(27)10-19(16)28/h4-5,10-14,24,36-37H,6-9,15H2,1-3H3/t24-/m0/s1. The van der Waals surface area contributed by atoms with Crippen LogP contribution >= 0.6 is 0 Å². The molecule has 4 heterocycles. The first kappa shape index (κ1) is 25.1. The third-order valence-corrected chi connectivity index (χ3v) is 6.56. The molecular formula is C26H29F2N7O2. The maximum atomic E-state index is 14.1. The highest BCUT2D eigenvalue weighted by molar-refractivity contribution is 5.83. The maximum Gasteiger partial charge on any atom is 0.156 e. The number of fused-ring (bicyclic) bond motifs is 1. The Morgan fingerprint density at radius 1 is 1.03 bits per heavy atom. The molecule has 194 valence electrons. The Balaban J connectivity index is 1.44. The summed E-state index contributed by atoms with van der Waals surface area (Å²) in [5, 5.41) is 25.0. The molecule has 3 aromatic heterocycles. The number of aliphatic hydroxyl groups is 2. The van der Waals surface area contributed by atoms with Crippen LogP contribution in [0.3, 0.4) is 0 Å². The molecule has 1 atom stereocenters. The Kier molecular flexibility index (Phi) is 6.61. The topological polar surface area (TPSA) is 103 Å². The summed E-state index contributed by atoms with van der Waals surface area (Å²) in [6.07, 6.45) is 3.96. The van der Waals surface area contributed by atoms with Crippen molar-refractivity contribution in [3.63, 3.8) is 0 Å². The molecule has 0 bridgehead atoms. The molecule has 0 amide bonds. The van der Waals surface area contributed by atoms with Crippen LogP contribution < -0.4 is 4.90 Å². The normalized spacial score (nSPS) is 15.9. The monoisotopic (exact) mass is 509 g/mol. The van der Waals surface area contributed by atoms with Gasteiger partial charge in [-0.05, 0) is 26.0 Å². The Labute approximate surface area is 213 Å². The molecule has 1 aliphatic rings. The van der Waals surface area contributed by atoms with Crippen LogP contribution in [0.2, 0.25) is 0 Å². The van der Waals surface area contributed by atoms with Gasteiger partial charge in [-0.1, -0.05) is 6.07 Å². The lowest BCUT2D eigenvalue weighted by Gasteiger charge is -2.36. The lowest BCUT2D eigenvalue weighted by Crippen LogP contribution is -2.46. The zero-order valence-corrected chi connectivity index (χ0v) is 20.9. The van der Waals surface area contributed by atoms with Gasteiger partial charge in [-0.3, -0.25) is 14.6 Å². The van der Waals surface area contributed by atoms with E-state index in [1.807, 2.05) is 13.2 Å². The molecule has 9 nitrogen and oxygen atoms in total. The number of benzene rings is 1. The van der Waals surface area contributed by atoms with Crippen molar-refractivity contribution in [2.24, 2.45) is 7.05 Å². The molecular weight excluding hydrogens is 480 g/mol. The van der Waals surface area contributed by atoms with Gasteiger partial charge in [-0.25, -0.2) is 18.7 Å². The van der Waals surface area contributed by atoms with Crippen molar-refractivity contribution in [3.05, 3.63) is 65.7 Å². The van der Waals surface area contributed by atoms with Crippen molar-refractivity contribution in [2.75, 3.05) is 31.1 Å². The third kappa shape index (κ3) is 5.29. The van der Waals surface area contributed by atoms with Crippen molar-refractivity contribution < 1.29 is 19.0 Å². The van der Waals surface area contributed by atoms with Crippen molar-refractivity contribution >= 4 is 16.9 Å². The Morgan fingerprint density at radius 2 is 1.78 bits per heavy atom. The average Bonchev–Trinajstić information content (AvgIpc) is 3.30. The first-order valence-electron chi connectivity index (χ1n) is 12.1. The first-order valence-corrected chi connectivity index (χ1v) is 12.1. The van der Waals surface area contributed by atoms with Crippen LogP contribution in [0, 0.1) is 11.6 Å². The van der Waals surface area contributed by atoms with Crippen LogP contribution in [0.5, 0.6) is 0 Å². The van der Waals surface area contributed by atoms with Gasteiger partial charge in [0.2, 0.25) is 0 Å². The molecule has 0 saturated carbocycles. The van der Waals surface area contributed by atoms with Gasteiger partial charge in [0.15, 0.2) is 5.82 Å². The molecule has 2 N–H and O–H groups in total. The number of aliphatic hydroxyl groups excluding tert-OH is 1. The fourth-order valence-electron chi connectivity index (χ4n) is 4.44. The summed E-state index contributed by atoms with van der Waals surface area (Å²) in [4.78, 5) is 18.3. The number of hydrogen-bond donors (Lipinski definition) is 2. The number of rotatable bonds is 6. The molecule has 0 radical (unpaired) electrons. The van der Waals surface area contributed by atoms with E-state index in [2.05, 4.69) is 19.9 Å². The summed E-state index contributed by atoms with van der Waals surface area (Å²) < 4.78 is 29.1. The van der Waals surface area contributed by atoms with Gasteiger partial charge in [0, 0.05) is 63.2 Å². The zero-order valence-electron chi connectivity index (χ0n) is 20.9. The van der Waals surface area contributed by atoms with E-state index >= 15 is 0 Å². The van der Waals surface area contributed by atoms with Gasteiger partial charge in [0.1, 0.15) is 28.9 Å². The summed E-state index contributed by atoms with van der Waals surface area (Å²) in [5.41, 5.74) is 1.95. The third-order valence-electron chi connectivity index (χ3n) is 6.56. The van der Waals surface area contributed by atoms with Gasteiger partial charge < -0.3 is 15.1 Å². The lowest BCUT2D eigenvalue weighted by atomic mass is 9.98. The molecule has 37 heavy (non-hydrogen) atoms. The smallest absolute Gasteiger partial charge is 0.156 e. The fraction of sp³-hybridized carbons (Fsp3) is 0.385. The van der Waals surface area contributed by atoms with Gasteiger partial charge in [0.25, 0.3) is 0 Å². The second kappa shape index (κ2) is 9.73. The van der Waals surface area contributed by atoms with E-state index in [4.69, 9.17) is 9.97 Å². The van der Waals surface area contributed by atoms with Crippen LogP contribution in [0.1, 0.15) is 31.2 Å². The van der Waals surface area contributed by atoms with Crippen molar-refractivity contribution in [2.45, 2.75) is 32.1 Å². The Morgan fingerprint density at radius 3 is 2.43 bits per heavy atom. The van der Waals surface area contributed by atoms with Crippen LogP contribution in [-0.4, -0.2) is 71.6 Å². The Bertz CT molecular complexity index is 1430. The Hall–Kier alpha value is -3.54.